The Morgan fingerprint density at radius 1 is 1.44 bits per heavy atom. The van der Waals surface area contributed by atoms with Crippen LogP contribution in [0.15, 0.2) is 30.3 Å². The summed E-state index contributed by atoms with van der Waals surface area (Å²) in [5.41, 5.74) is 1.23. The fourth-order valence-electron chi connectivity index (χ4n) is 2.34. The van der Waals surface area contributed by atoms with Crippen LogP contribution in [0.5, 0.6) is 0 Å². The predicted molar refractivity (Wildman–Crippen MR) is 69.8 cm³/mol. The maximum Gasteiger partial charge on any atom is 0.227 e. The second kappa shape index (κ2) is 5.22. The van der Waals surface area contributed by atoms with Crippen LogP contribution in [-0.4, -0.2) is 23.4 Å². The van der Waals surface area contributed by atoms with E-state index in [1.54, 1.807) is 4.90 Å². The Balaban J connectivity index is 2.03. The van der Waals surface area contributed by atoms with E-state index in [1.165, 1.54) is 5.56 Å². The second-order valence-electron chi connectivity index (χ2n) is 5.08. The molecule has 2 rings (SSSR count). The number of nitrogens with zero attached hydrogens (tertiary/aromatic N) is 2. The Hall–Kier alpha value is -1.82. The van der Waals surface area contributed by atoms with Crippen LogP contribution in [0.2, 0.25) is 0 Å². The molecular weight excluding hydrogens is 224 g/mol. The highest BCUT2D eigenvalue weighted by atomic mass is 16.2. The van der Waals surface area contributed by atoms with Crippen LogP contribution in [0, 0.1) is 17.2 Å². The molecule has 0 heterocycles. The summed E-state index contributed by atoms with van der Waals surface area (Å²) in [6.45, 7) is 4.10. The van der Waals surface area contributed by atoms with Gasteiger partial charge in [-0.3, -0.25) is 4.79 Å². The van der Waals surface area contributed by atoms with Gasteiger partial charge in [-0.15, -0.1) is 0 Å². The second-order valence-corrected chi connectivity index (χ2v) is 5.08. The van der Waals surface area contributed by atoms with Crippen LogP contribution in [0.1, 0.15) is 31.7 Å². The van der Waals surface area contributed by atoms with Crippen LogP contribution >= 0.6 is 0 Å². The molecule has 1 amide bonds. The van der Waals surface area contributed by atoms with Crippen molar-refractivity contribution in [1.82, 2.24) is 4.90 Å². The first kappa shape index (κ1) is 12.6. The van der Waals surface area contributed by atoms with Crippen LogP contribution < -0.4 is 0 Å². The average Bonchev–Trinajstić information content (AvgIpc) is 3.16. The van der Waals surface area contributed by atoms with E-state index in [9.17, 15) is 4.79 Å². The number of benzene rings is 1. The van der Waals surface area contributed by atoms with Crippen LogP contribution in [0.4, 0.5) is 0 Å². The molecule has 94 valence electrons. The van der Waals surface area contributed by atoms with Gasteiger partial charge in [0.2, 0.25) is 5.91 Å². The lowest BCUT2D eigenvalue weighted by Crippen LogP contribution is -2.38. The number of nitriles is 1. The Morgan fingerprint density at radius 2 is 2.11 bits per heavy atom. The molecule has 1 aromatic rings. The molecule has 0 aromatic heterocycles. The van der Waals surface area contributed by atoms with Gasteiger partial charge in [-0.05, 0) is 31.7 Å². The molecule has 2 atom stereocenters. The van der Waals surface area contributed by atoms with Crippen molar-refractivity contribution in [2.24, 2.45) is 5.92 Å². The molecule has 0 spiro atoms. The van der Waals surface area contributed by atoms with Crippen molar-refractivity contribution in [3.05, 3.63) is 35.9 Å². The van der Waals surface area contributed by atoms with E-state index in [0.29, 0.717) is 5.92 Å². The smallest absolute Gasteiger partial charge is 0.227 e. The third kappa shape index (κ3) is 2.53. The van der Waals surface area contributed by atoms with E-state index < -0.39 is 0 Å². The minimum absolute atomic E-state index is 0.0724. The van der Waals surface area contributed by atoms with Crippen molar-refractivity contribution in [3.63, 3.8) is 0 Å². The van der Waals surface area contributed by atoms with Crippen LogP contribution in [-0.2, 0) is 4.79 Å². The Morgan fingerprint density at radius 3 is 2.67 bits per heavy atom. The van der Waals surface area contributed by atoms with Gasteiger partial charge in [0.1, 0.15) is 6.54 Å². The lowest BCUT2D eigenvalue weighted by atomic mass is 10.1. The molecule has 1 fully saturated rings. The average molecular weight is 242 g/mol. The van der Waals surface area contributed by atoms with Crippen LogP contribution in [0.3, 0.4) is 0 Å². The molecule has 1 aromatic carbocycles. The van der Waals surface area contributed by atoms with Gasteiger partial charge >= 0.3 is 0 Å². The quantitative estimate of drug-likeness (QED) is 0.762. The van der Waals surface area contributed by atoms with E-state index in [1.807, 2.05) is 32.0 Å². The van der Waals surface area contributed by atoms with Crippen molar-refractivity contribution in [2.75, 3.05) is 6.54 Å². The first-order valence-electron chi connectivity index (χ1n) is 6.37. The molecule has 0 aliphatic heterocycles. The SMILES string of the molecule is CC(C)N(CC#N)C(=O)C1CC1c1ccccc1. The minimum atomic E-state index is 0.0724. The molecule has 1 aliphatic rings. The van der Waals surface area contributed by atoms with Gasteiger partial charge < -0.3 is 4.90 Å². The molecule has 3 nitrogen and oxygen atoms in total. The molecule has 0 saturated heterocycles. The van der Waals surface area contributed by atoms with Gasteiger partial charge in [-0.2, -0.15) is 5.26 Å². The Bertz CT molecular complexity index is 461. The number of carbonyl (C=O) groups is 1. The van der Waals surface area contributed by atoms with Crippen molar-refractivity contribution in [3.8, 4) is 6.07 Å². The zero-order valence-corrected chi connectivity index (χ0v) is 10.8. The molecule has 1 aliphatic carbocycles. The van der Waals surface area contributed by atoms with E-state index in [-0.39, 0.29) is 24.4 Å². The molecule has 0 bridgehead atoms. The molecule has 18 heavy (non-hydrogen) atoms. The maximum atomic E-state index is 12.3. The fourth-order valence-corrected chi connectivity index (χ4v) is 2.34. The molecule has 0 N–H and O–H groups in total. The van der Waals surface area contributed by atoms with E-state index in [0.717, 1.165) is 6.42 Å². The summed E-state index contributed by atoms with van der Waals surface area (Å²) in [5.74, 6) is 0.544. The third-order valence-electron chi connectivity index (χ3n) is 3.48. The van der Waals surface area contributed by atoms with E-state index >= 15 is 0 Å². The van der Waals surface area contributed by atoms with Crippen molar-refractivity contribution < 1.29 is 4.79 Å². The zero-order valence-electron chi connectivity index (χ0n) is 10.8. The summed E-state index contributed by atoms with van der Waals surface area (Å²) in [7, 11) is 0. The topological polar surface area (TPSA) is 44.1 Å². The number of rotatable bonds is 4. The third-order valence-corrected chi connectivity index (χ3v) is 3.48. The van der Waals surface area contributed by atoms with Crippen molar-refractivity contribution in [1.29, 1.82) is 5.26 Å². The zero-order chi connectivity index (χ0) is 13.1. The minimum Gasteiger partial charge on any atom is -0.327 e. The number of hydrogen-bond acceptors (Lipinski definition) is 2. The lowest BCUT2D eigenvalue weighted by Gasteiger charge is -2.24. The standard InChI is InChI=1S/C15H18N2O/c1-11(2)17(9-8-16)15(18)14-10-13(14)12-6-4-3-5-7-12/h3-7,11,13-14H,9-10H2,1-2H3. The van der Waals surface area contributed by atoms with Gasteiger partial charge in [-0.1, -0.05) is 30.3 Å². The molecule has 2 unspecified atom stereocenters. The maximum absolute atomic E-state index is 12.3. The summed E-state index contributed by atoms with van der Waals surface area (Å²) >= 11 is 0. The summed E-state index contributed by atoms with van der Waals surface area (Å²) in [5, 5.41) is 8.78. The number of amides is 1. The molecule has 0 radical (unpaired) electrons. The highest BCUT2D eigenvalue weighted by molar-refractivity contribution is 5.83. The van der Waals surface area contributed by atoms with Crippen LogP contribution in [0.25, 0.3) is 0 Å². The Labute approximate surface area is 108 Å². The highest BCUT2D eigenvalue weighted by Crippen LogP contribution is 2.48. The van der Waals surface area contributed by atoms with Gasteiger partial charge in [0.05, 0.1) is 6.07 Å². The highest BCUT2D eigenvalue weighted by Gasteiger charge is 2.45. The predicted octanol–water partition coefficient (Wildman–Crippen LogP) is 2.55. The van der Waals surface area contributed by atoms with E-state index in [2.05, 4.69) is 18.2 Å². The first-order valence-corrected chi connectivity index (χ1v) is 6.37. The normalized spacial score (nSPS) is 21.4. The first-order chi connectivity index (χ1) is 8.65. The summed E-state index contributed by atoms with van der Waals surface area (Å²) < 4.78 is 0. The van der Waals surface area contributed by atoms with Crippen molar-refractivity contribution in [2.45, 2.75) is 32.2 Å². The molecule has 1 saturated carbocycles. The summed E-state index contributed by atoms with van der Waals surface area (Å²) in [6.07, 6.45) is 0.914. The summed E-state index contributed by atoms with van der Waals surface area (Å²) in [4.78, 5) is 14.0. The molecular formula is C15H18N2O. The monoisotopic (exact) mass is 242 g/mol. The van der Waals surface area contributed by atoms with Gasteiger partial charge in [0, 0.05) is 12.0 Å². The Kier molecular flexibility index (Phi) is 3.66. The molecule has 3 heteroatoms. The number of carbonyl (C=O) groups excluding carboxylic acids is 1. The summed E-state index contributed by atoms with van der Waals surface area (Å²) in [6, 6.07) is 12.3. The lowest BCUT2D eigenvalue weighted by molar-refractivity contribution is -0.133. The van der Waals surface area contributed by atoms with Gasteiger partial charge in [-0.25, -0.2) is 0 Å². The van der Waals surface area contributed by atoms with E-state index in [4.69, 9.17) is 5.26 Å². The number of hydrogen-bond donors (Lipinski definition) is 0. The largest absolute Gasteiger partial charge is 0.327 e. The van der Waals surface area contributed by atoms with Gasteiger partial charge in [0.15, 0.2) is 0 Å². The fraction of sp³-hybridized carbons (Fsp3) is 0.467. The van der Waals surface area contributed by atoms with Gasteiger partial charge in [0.25, 0.3) is 0 Å². The van der Waals surface area contributed by atoms with Crippen molar-refractivity contribution >= 4 is 5.91 Å².